The number of nitrogens with two attached hydrogens (primary N) is 1. The molecule has 0 fully saturated rings. The van der Waals surface area contributed by atoms with Crippen LogP contribution < -0.4 is 5.73 Å². The molecule has 0 saturated carbocycles. The highest BCUT2D eigenvalue weighted by atomic mass is 15.2. The Kier molecular flexibility index (Phi) is 5.65. The van der Waals surface area contributed by atoms with Gasteiger partial charge in [-0.15, -0.1) is 0 Å². The second kappa shape index (κ2) is 6.77. The van der Waals surface area contributed by atoms with E-state index in [2.05, 4.69) is 42.1 Å². The van der Waals surface area contributed by atoms with Gasteiger partial charge in [-0.1, -0.05) is 13.8 Å². The normalized spacial score (nSPS) is 15.2. The first kappa shape index (κ1) is 14.2. The summed E-state index contributed by atoms with van der Waals surface area (Å²) in [6.07, 6.45) is 4.99. The summed E-state index contributed by atoms with van der Waals surface area (Å²) in [7, 11) is 0. The maximum atomic E-state index is 5.97. The minimum absolute atomic E-state index is 0.275. The monoisotopic (exact) mass is 238 g/mol. The van der Waals surface area contributed by atoms with Crippen molar-refractivity contribution in [3.05, 3.63) is 18.2 Å². The van der Waals surface area contributed by atoms with E-state index in [1.807, 2.05) is 12.5 Å². The van der Waals surface area contributed by atoms with Crippen molar-refractivity contribution >= 4 is 0 Å². The zero-order chi connectivity index (χ0) is 12.8. The van der Waals surface area contributed by atoms with Crippen molar-refractivity contribution in [3.63, 3.8) is 0 Å². The van der Waals surface area contributed by atoms with Crippen LogP contribution in [0.5, 0.6) is 0 Å². The Bertz CT molecular complexity index is 321. The number of rotatable bonds is 7. The average molecular weight is 238 g/mol. The van der Waals surface area contributed by atoms with E-state index >= 15 is 0 Å². The molecule has 0 aliphatic carbocycles. The molecule has 2 atom stereocenters. The molecule has 2 unspecified atom stereocenters. The summed E-state index contributed by atoms with van der Waals surface area (Å²) in [6.45, 7) is 11.4. The molecule has 0 saturated heterocycles. The van der Waals surface area contributed by atoms with Gasteiger partial charge in [-0.3, -0.25) is 4.90 Å². The van der Waals surface area contributed by atoms with Crippen LogP contribution in [0.25, 0.3) is 0 Å². The maximum Gasteiger partial charge on any atom is 0.0948 e. The van der Waals surface area contributed by atoms with Gasteiger partial charge in [0, 0.05) is 25.3 Å². The van der Waals surface area contributed by atoms with Crippen LogP contribution in [-0.4, -0.2) is 33.6 Å². The molecular weight excluding hydrogens is 212 g/mol. The predicted octanol–water partition coefficient (Wildman–Crippen LogP) is 2.02. The lowest BCUT2D eigenvalue weighted by Gasteiger charge is -2.35. The fraction of sp³-hybridized carbons (Fsp3) is 0.769. The topological polar surface area (TPSA) is 47.1 Å². The van der Waals surface area contributed by atoms with Crippen LogP contribution >= 0.6 is 0 Å². The van der Waals surface area contributed by atoms with Crippen LogP contribution in [-0.2, 0) is 6.54 Å². The van der Waals surface area contributed by atoms with E-state index in [4.69, 9.17) is 5.73 Å². The minimum Gasteiger partial charge on any atom is -0.333 e. The van der Waals surface area contributed by atoms with Crippen molar-refractivity contribution in [2.75, 3.05) is 13.1 Å². The third-order valence-electron chi connectivity index (χ3n) is 3.57. The van der Waals surface area contributed by atoms with E-state index in [0.29, 0.717) is 12.6 Å². The molecule has 1 heterocycles. The van der Waals surface area contributed by atoms with Crippen LogP contribution in [0.4, 0.5) is 0 Å². The molecule has 4 nitrogen and oxygen atoms in total. The molecule has 1 aromatic rings. The molecule has 0 bridgehead atoms. The Morgan fingerprint density at radius 2 is 2.12 bits per heavy atom. The Morgan fingerprint density at radius 3 is 2.59 bits per heavy atom. The third-order valence-corrected chi connectivity index (χ3v) is 3.57. The fourth-order valence-electron chi connectivity index (χ4n) is 2.37. The first-order chi connectivity index (χ1) is 8.19. The van der Waals surface area contributed by atoms with Crippen molar-refractivity contribution in [2.45, 2.75) is 52.7 Å². The molecular formula is C13H26N4. The zero-order valence-electron chi connectivity index (χ0n) is 11.6. The predicted molar refractivity (Wildman–Crippen MR) is 71.8 cm³/mol. The molecule has 4 heteroatoms. The number of hydrogen-bond donors (Lipinski definition) is 1. The van der Waals surface area contributed by atoms with Gasteiger partial charge in [0.05, 0.1) is 18.1 Å². The van der Waals surface area contributed by atoms with Crippen molar-refractivity contribution in [1.82, 2.24) is 14.5 Å². The molecule has 1 aromatic heterocycles. The van der Waals surface area contributed by atoms with Gasteiger partial charge in [0.1, 0.15) is 0 Å². The quantitative estimate of drug-likeness (QED) is 0.790. The van der Waals surface area contributed by atoms with Gasteiger partial charge in [0.2, 0.25) is 0 Å². The minimum atomic E-state index is 0.275. The van der Waals surface area contributed by atoms with E-state index < -0.39 is 0 Å². The Morgan fingerprint density at radius 1 is 1.41 bits per heavy atom. The van der Waals surface area contributed by atoms with Gasteiger partial charge in [0.15, 0.2) is 0 Å². The van der Waals surface area contributed by atoms with Crippen molar-refractivity contribution in [1.29, 1.82) is 0 Å². The maximum absolute atomic E-state index is 5.97. The molecule has 0 aromatic carbocycles. The molecule has 0 aliphatic heterocycles. The highest BCUT2D eigenvalue weighted by Gasteiger charge is 2.23. The lowest BCUT2D eigenvalue weighted by molar-refractivity contribution is 0.146. The molecule has 0 aliphatic rings. The summed E-state index contributed by atoms with van der Waals surface area (Å²) in [5.74, 6) is 0. The summed E-state index contributed by atoms with van der Waals surface area (Å²) in [4.78, 5) is 6.71. The van der Waals surface area contributed by atoms with E-state index in [-0.39, 0.29) is 6.04 Å². The second-order valence-electron chi connectivity index (χ2n) is 4.44. The average Bonchev–Trinajstić information content (AvgIpc) is 2.82. The van der Waals surface area contributed by atoms with Gasteiger partial charge in [0.25, 0.3) is 0 Å². The lowest BCUT2D eigenvalue weighted by atomic mass is 10.1. The smallest absolute Gasteiger partial charge is 0.0948 e. The van der Waals surface area contributed by atoms with Gasteiger partial charge in [-0.05, 0) is 26.8 Å². The largest absolute Gasteiger partial charge is 0.333 e. The standard InChI is InChI=1S/C13H26N4/c1-5-11(4)17(7-3)12(8-14)13-9-15-10-16(13)6-2/h9-12H,5-8,14H2,1-4H3. The molecule has 0 radical (unpaired) electrons. The van der Waals surface area contributed by atoms with Crippen LogP contribution in [0.2, 0.25) is 0 Å². The van der Waals surface area contributed by atoms with E-state index in [1.54, 1.807) is 0 Å². The van der Waals surface area contributed by atoms with Gasteiger partial charge in [-0.25, -0.2) is 4.98 Å². The summed E-state index contributed by atoms with van der Waals surface area (Å²) < 4.78 is 2.18. The number of aryl methyl sites for hydroxylation is 1. The first-order valence-corrected chi connectivity index (χ1v) is 6.65. The van der Waals surface area contributed by atoms with Gasteiger partial charge in [-0.2, -0.15) is 0 Å². The molecule has 0 amide bonds. The number of likely N-dealkylation sites (N-methyl/N-ethyl adjacent to an activating group) is 1. The van der Waals surface area contributed by atoms with Crippen LogP contribution in [0.15, 0.2) is 12.5 Å². The SMILES string of the molecule is CCC(C)N(CC)C(CN)c1cncn1CC. The lowest BCUT2D eigenvalue weighted by Crippen LogP contribution is -2.40. The fourth-order valence-corrected chi connectivity index (χ4v) is 2.37. The molecule has 98 valence electrons. The molecule has 17 heavy (non-hydrogen) atoms. The van der Waals surface area contributed by atoms with Crippen molar-refractivity contribution < 1.29 is 0 Å². The van der Waals surface area contributed by atoms with Crippen molar-refractivity contribution in [2.24, 2.45) is 5.73 Å². The van der Waals surface area contributed by atoms with Gasteiger partial charge >= 0.3 is 0 Å². The Labute approximate surface area is 105 Å². The van der Waals surface area contributed by atoms with Crippen molar-refractivity contribution in [3.8, 4) is 0 Å². The second-order valence-corrected chi connectivity index (χ2v) is 4.44. The number of aromatic nitrogens is 2. The molecule has 2 N–H and O–H groups in total. The van der Waals surface area contributed by atoms with E-state index in [1.165, 1.54) is 5.69 Å². The molecule has 0 spiro atoms. The zero-order valence-corrected chi connectivity index (χ0v) is 11.6. The highest BCUT2D eigenvalue weighted by Crippen LogP contribution is 2.22. The summed E-state index contributed by atoms with van der Waals surface area (Å²) >= 11 is 0. The number of hydrogen-bond acceptors (Lipinski definition) is 3. The number of nitrogens with zero attached hydrogens (tertiary/aromatic N) is 3. The van der Waals surface area contributed by atoms with Crippen LogP contribution in [0, 0.1) is 0 Å². The Hall–Kier alpha value is -0.870. The van der Waals surface area contributed by atoms with Crippen LogP contribution in [0.3, 0.4) is 0 Å². The van der Waals surface area contributed by atoms with Crippen LogP contribution in [0.1, 0.15) is 45.9 Å². The summed E-state index contributed by atoms with van der Waals surface area (Å²) in [5.41, 5.74) is 7.21. The van der Waals surface area contributed by atoms with E-state index in [0.717, 1.165) is 19.5 Å². The van der Waals surface area contributed by atoms with E-state index in [9.17, 15) is 0 Å². The number of imidazole rings is 1. The van der Waals surface area contributed by atoms with Gasteiger partial charge < -0.3 is 10.3 Å². The Balaban J connectivity index is 2.96. The third kappa shape index (κ3) is 3.07. The summed E-state index contributed by atoms with van der Waals surface area (Å²) in [6, 6.07) is 0.825. The summed E-state index contributed by atoms with van der Waals surface area (Å²) in [5, 5.41) is 0. The molecule has 1 rings (SSSR count). The highest BCUT2D eigenvalue weighted by molar-refractivity contribution is 5.07. The first-order valence-electron chi connectivity index (χ1n) is 6.65.